The molecular weight excluding hydrogens is 340 g/mol. The van der Waals surface area contributed by atoms with Crippen molar-refractivity contribution in [1.29, 1.82) is 0 Å². The molecule has 3 heterocycles. The Morgan fingerprint density at radius 3 is 2.85 bits per heavy atom. The van der Waals surface area contributed by atoms with Gasteiger partial charge in [-0.05, 0) is 30.5 Å². The third kappa shape index (κ3) is 2.97. The molecule has 1 saturated carbocycles. The fraction of sp³-hybridized carbons (Fsp3) is 0.200. The summed E-state index contributed by atoms with van der Waals surface area (Å²) in [4.78, 5) is 21.0. The van der Waals surface area contributed by atoms with Gasteiger partial charge in [-0.1, -0.05) is 35.5 Å². The topological polar surface area (TPSA) is 79.7 Å². The molecule has 7 nitrogen and oxygen atoms in total. The van der Waals surface area contributed by atoms with E-state index >= 15 is 0 Å². The number of nitrogens with one attached hydrogen (secondary N) is 1. The van der Waals surface area contributed by atoms with E-state index in [1.807, 2.05) is 47.4 Å². The molecule has 0 aliphatic heterocycles. The molecule has 3 aromatic heterocycles. The lowest BCUT2D eigenvalue weighted by Gasteiger charge is -2.16. The highest BCUT2D eigenvalue weighted by atomic mass is 16.1. The lowest BCUT2D eigenvalue weighted by Crippen LogP contribution is -2.24. The van der Waals surface area contributed by atoms with Gasteiger partial charge < -0.3 is 4.98 Å². The number of carbonyl (C=O) groups is 1. The Morgan fingerprint density at radius 2 is 2.07 bits per heavy atom. The molecule has 5 rings (SSSR count). The van der Waals surface area contributed by atoms with Crippen molar-refractivity contribution >= 4 is 23.3 Å². The maximum Gasteiger partial charge on any atom is 0.215 e. The van der Waals surface area contributed by atoms with Crippen molar-refractivity contribution in [2.45, 2.75) is 25.4 Å². The molecule has 1 aliphatic carbocycles. The van der Waals surface area contributed by atoms with Crippen molar-refractivity contribution in [3.63, 3.8) is 0 Å². The highest BCUT2D eigenvalue weighted by Crippen LogP contribution is 2.34. The number of anilines is 1. The van der Waals surface area contributed by atoms with Crippen LogP contribution in [0.4, 0.5) is 5.82 Å². The summed E-state index contributed by atoms with van der Waals surface area (Å²) in [5, 5.41) is 9.60. The number of carbonyl (C=O) groups excluding carboxylic acids is 1. The van der Waals surface area contributed by atoms with Gasteiger partial charge in [-0.25, -0.2) is 9.67 Å². The first kappa shape index (κ1) is 15.7. The molecule has 1 N–H and O–H groups in total. The second kappa shape index (κ2) is 6.35. The molecule has 1 amide bonds. The van der Waals surface area contributed by atoms with Crippen LogP contribution in [0.2, 0.25) is 0 Å². The number of aromatic nitrogens is 5. The first-order valence-corrected chi connectivity index (χ1v) is 8.98. The first-order valence-electron chi connectivity index (χ1n) is 8.98. The average Bonchev–Trinajstić information content (AvgIpc) is 3.22. The van der Waals surface area contributed by atoms with Gasteiger partial charge in [0.05, 0.1) is 12.7 Å². The van der Waals surface area contributed by atoms with Gasteiger partial charge in [-0.3, -0.25) is 9.69 Å². The molecule has 0 radical (unpaired) electrons. The Labute approximate surface area is 155 Å². The van der Waals surface area contributed by atoms with Crippen molar-refractivity contribution < 1.29 is 4.79 Å². The van der Waals surface area contributed by atoms with E-state index in [2.05, 4.69) is 32.4 Å². The van der Waals surface area contributed by atoms with Crippen molar-refractivity contribution in [2.24, 2.45) is 0 Å². The van der Waals surface area contributed by atoms with E-state index in [0.29, 0.717) is 12.4 Å². The lowest BCUT2D eigenvalue weighted by atomic mass is 10.1. The summed E-state index contributed by atoms with van der Waals surface area (Å²) in [5.74, 6) is 0.648. The smallest absolute Gasteiger partial charge is 0.215 e. The van der Waals surface area contributed by atoms with Crippen LogP contribution >= 0.6 is 0 Å². The number of hydrogen-bond donors (Lipinski definition) is 1. The zero-order valence-electron chi connectivity index (χ0n) is 14.6. The summed E-state index contributed by atoms with van der Waals surface area (Å²) < 4.78 is 1.82. The van der Waals surface area contributed by atoms with Gasteiger partial charge in [0.2, 0.25) is 6.41 Å². The number of hydrogen-bond acceptors (Lipinski definition) is 4. The highest BCUT2D eigenvalue weighted by Gasteiger charge is 2.30. The summed E-state index contributed by atoms with van der Waals surface area (Å²) in [7, 11) is 0. The molecule has 0 bridgehead atoms. The number of benzene rings is 1. The third-order valence-electron chi connectivity index (χ3n) is 4.84. The molecule has 1 fully saturated rings. The molecule has 1 aromatic carbocycles. The molecule has 1 aliphatic rings. The number of rotatable bonds is 6. The minimum Gasteiger partial charge on any atom is -0.346 e. The average molecular weight is 358 g/mol. The van der Waals surface area contributed by atoms with Gasteiger partial charge in [0.25, 0.3) is 0 Å². The summed E-state index contributed by atoms with van der Waals surface area (Å²) in [6.45, 7) is 0.657. The molecular formula is C20H18N6O. The van der Waals surface area contributed by atoms with Crippen LogP contribution in [0.1, 0.15) is 18.4 Å². The van der Waals surface area contributed by atoms with Crippen molar-refractivity contribution in [3.05, 3.63) is 60.4 Å². The fourth-order valence-corrected chi connectivity index (χ4v) is 3.32. The second-order valence-corrected chi connectivity index (χ2v) is 6.80. The summed E-state index contributed by atoms with van der Waals surface area (Å²) >= 11 is 0. The van der Waals surface area contributed by atoms with Crippen LogP contribution in [0.15, 0.2) is 54.9 Å². The summed E-state index contributed by atoms with van der Waals surface area (Å²) in [5.41, 5.74) is 3.59. The largest absolute Gasteiger partial charge is 0.346 e. The van der Waals surface area contributed by atoms with E-state index in [9.17, 15) is 4.79 Å². The van der Waals surface area contributed by atoms with E-state index in [0.717, 1.165) is 47.1 Å². The van der Waals surface area contributed by atoms with Crippen molar-refractivity contribution in [3.8, 4) is 11.3 Å². The van der Waals surface area contributed by atoms with Crippen LogP contribution in [0, 0.1) is 0 Å². The molecule has 0 unspecified atom stereocenters. The number of fused-ring (bicyclic) bond motifs is 1. The molecule has 0 atom stereocenters. The van der Waals surface area contributed by atoms with Gasteiger partial charge in [0.1, 0.15) is 17.2 Å². The Bertz CT molecular complexity index is 1100. The molecule has 0 saturated heterocycles. The second-order valence-electron chi connectivity index (χ2n) is 6.80. The number of aromatic amines is 1. The number of H-pyrrole nitrogens is 1. The lowest BCUT2D eigenvalue weighted by molar-refractivity contribution is -0.107. The SMILES string of the molecule is O=CN(c1cc(-c2cn(Cc3ccccc3)nn2)c2cc[nH]c2n1)C1CC1. The summed E-state index contributed by atoms with van der Waals surface area (Å²) in [6, 6.07) is 14.3. The predicted molar refractivity (Wildman–Crippen MR) is 102 cm³/mol. The zero-order valence-corrected chi connectivity index (χ0v) is 14.6. The Balaban J connectivity index is 1.54. The van der Waals surface area contributed by atoms with Crippen LogP contribution in [0.5, 0.6) is 0 Å². The van der Waals surface area contributed by atoms with E-state index in [1.54, 1.807) is 4.90 Å². The van der Waals surface area contributed by atoms with Crippen LogP contribution < -0.4 is 4.90 Å². The van der Waals surface area contributed by atoms with Crippen LogP contribution in [-0.4, -0.2) is 37.4 Å². The predicted octanol–water partition coefficient (Wildman–Crippen LogP) is 2.99. The van der Waals surface area contributed by atoms with Crippen molar-refractivity contribution in [1.82, 2.24) is 25.0 Å². The zero-order chi connectivity index (χ0) is 18.2. The minimum atomic E-state index is 0.254. The van der Waals surface area contributed by atoms with Crippen LogP contribution in [-0.2, 0) is 11.3 Å². The normalized spacial score (nSPS) is 13.8. The van der Waals surface area contributed by atoms with E-state index < -0.39 is 0 Å². The van der Waals surface area contributed by atoms with Gasteiger partial charge in [0, 0.05) is 23.2 Å². The standard InChI is InChI=1S/C20H18N6O/c27-13-26(15-6-7-15)19-10-17(16-8-9-21-20(16)22-19)18-12-25(24-23-18)11-14-4-2-1-3-5-14/h1-5,8-10,12-13,15H,6-7,11H2,(H,21,22). The quantitative estimate of drug-likeness (QED) is 0.537. The molecule has 27 heavy (non-hydrogen) atoms. The van der Waals surface area contributed by atoms with Gasteiger partial charge >= 0.3 is 0 Å². The Kier molecular flexibility index (Phi) is 3.71. The minimum absolute atomic E-state index is 0.254. The van der Waals surface area contributed by atoms with E-state index in [4.69, 9.17) is 0 Å². The maximum atomic E-state index is 11.6. The molecule has 7 heteroatoms. The highest BCUT2D eigenvalue weighted by molar-refractivity contribution is 5.95. The summed E-state index contributed by atoms with van der Waals surface area (Å²) in [6.07, 6.45) is 6.69. The van der Waals surface area contributed by atoms with E-state index in [-0.39, 0.29) is 6.04 Å². The Hall–Kier alpha value is -3.48. The number of amides is 1. The van der Waals surface area contributed by atoms with Gasteiger partial charge in [-0.15, -0.1) is 5.10 Å². The maximum absolute atomic E-state index is 11.6. The Morgan fingerprint density at radius 1 is 1.22 bits per heavy atom. The van der Waals surface area contributed by atoms with E-state index in [1.165, 1.54) is 0 Å². The number of pyridine rings is 1. The third-order valence-corrected chi connectivity index (χ3v) is 4.84. The van der Waals surface area contributed by atoms with Crippen LogP contribution in [0.25, 0.3) is 22.3 Å². The molecule has 0 spiro atoms. The number of nitrogens with zero attached hydrogens (tertiary/aromatic N) is 5. The molecule has 4 aromatic rings. The van der Waals surface area contributed by atoms with Crippen molar-refractivity contribution in [2.75, 3.05) is 4.90 Å². The van der Waals surface area contributed by atoms with Gasteiger partial charge in [0.15, 0.2) is 0 Å². The monoisotopic (exact) mass is 358 g/mol. The molecule has 134 valence electrons. The van der Waals surface area contributed by atoms with Crippen LogP contribution in [0.3, 0.4) is 0 Å². The van der Waals surface area contributed by atoms with Gasteiger partial charge in [-0.2, -0.15) is 0 Å². The first-order chi connectivity index (χ1) is 13.3. The fourth-order valence-electron chi connectivity index (χ4n) is 3.32.